The van der Waals surface area contributed by atoms with E-state index in [0.29, 0.717) is 0 Å². The van der Waals surface area contributed by atoms with Crippen LogP contribution in [0.5, 0.6) is 0 Å². The van der Waals surface area contributed by atoms with Crippen molar-refractivity contribution in [2.45, 2.75) is 18.9 Å². The van der Waals surface area contributed by atoms with Crippen LogP contribution in [0.2, 0.25) is 0 Å². The van der Waals surface area contributed by atoms with E-state index in [2.05, 4.69) is 10.2 Å². The zero-order chi connectivity index (χ0) is 10.3. The molecule has 2 fully saturated rings. The molecule has 4 nitrogen and oxygen atoms in total. The molecule has 0 aromatic heterocycles. The molecule has 0 spiro atoms. The van der Waals surface area contributed by atoms with E-state index in [1.807, 2.05) is 0 Å². The van der Waals surface area contributed by atoms with E-state index in [1.165, 1.54) is 25.9 Å². The lowest BCUT2D eigenvalue weighted by molar-refractivity contribution is -0.0338. The Bertz CT molecular complexity index is 166. The van der Waals surface area contributed by atoms with E-state index in [4.69, 9.17) is 9.47 Å². The average molecular weight is 214 g/mol. The molecule has 0 aromatic rings. The Morgan fingerprint density at radius 2 is 2.20 bits per heavy atom. The Morgan fingerprint density at radius 1 is 1.33 bits per heavy atom. The Labute approximate surface area is 91.9 Å². The van der Waals surface area contributed by atoms with Crippen molar-refractivity contribution in [3.8, 4) is 0 Å². The molecule has 0 amide bonds. The molecule has 0 bridgehead atoms. The second-order valence-electron chi connectivity index (χ2n) is 4.32. The van der Waals surface area contributed by atoms with Crippen LogP contribution in [-0.2, 0) is 9.47 Å². The summed E-state index contributed by atoms with van der Waals surface area (Å²) in [7, 11) is 0. The molecule has 2 rings (SSSR count). The molecular formula is C11H22N2O2. The summed E-state index contributed by atoms with van der Waals surface area (Å²) >= 11 is 0. The molecule has 0 aliphatic carbocycles. The van der Waals surface area contributed by atoms with E-state index in [1.54, 1.807) is 0 Å². The number of nitrogens with one attached hydrogen (secondary N) is 1. The van der Waals surface area contributed by atoms with Gasteiger partial charge in [-0.05, 0) is 25.9 Å². The summed E-state index contributed by atoms with van der Waals surface area (Å²) in [4.78, 5) is 2.47. The highest BCUT2D eigenvalue weighted by Gasteiger charge is 2.14. The van der Waals surface area contributed by atoms with Gasteiger partial charge in [-0.15, -0.1) is 0 Å². The van der Waals surface area contributed by atoms with E-state index in [9.17, 15) is 0 Å². The Hall–Kier alpha value is -0.160. The second kappa shape index (κ2) is 6.43. The number of nitrogens with zero attached hydrogens (tertiary/aromatic N) is 1. The Morgan fingerprint density at radius 3 is 2.93 bits per heavy atom. The molecule has 2 aliphatic rings. The summed E-state index contributed by atoms with van der Waals surface area (Å²) in [5.74, 6) is 0. The minimum Gasteiger partial charge on any atom is -0.377 e. The predicted molar refractivity (Wildman–Crippen MR) is 59.1 cm³/mol. The van der Waals surface area contributed by atoms with Crippen molar-refractivity contribution in [1.82, 2.24) is 10.2 Å². The first-order valence-electron chi connectivity index (χ1n) is 6.07. The third-order valence-corrected chi connectivity index (χ3v) is 3.06. The van der Waals surface area contributed by atoms with Crippen LogP contribution in [0, 0.1) is 0 Å². The standard InChI is InChI=1S/C11H22N2O2/c1-2-5-13(4-1)6-8-14-10-11-9-12-3-7-15-11/h11-12H,1-10H2. The fraction of sp³-hybridized carbons (Fsp3) is 1.00. The van der Waals surface area contributed by atoms with Crippen molar-refractivity contribution in [1.29, 1.82) is 0 Å². The largest absolute Gasteiger partial charge is 0.377 e. The van der Waals surface area contributed by atoms with Crippen LogP contribution in [0.4, 0.5) is 0 Å². The maximum absolute atomic E-state index is 5.63. The van der Waals surface area contributed by atoms with Gasteiger partial charge in [0.05, 0.1) is 25.9 Å². The summed E-state index contributed by atoms with van der Waals surface area (Å²) in [6, 6.07) is 0. The number of likely N-dealkylation sites (tertiary alicyclic amines) is 1. The summed E-state index contributed by atoms with van der Waals surface area (Å²) in [6.45, 7) is 7.91. The SMILES string of the molecule is C1CCN(CCOCC2CNCCO2)C1. The van der Waals surface area contributed by atoms with Gasteiger partial charge in [0.1, 0.15) is 0 Å². The summed E-state index contributed by atoms with van der Waals surface area (Å²) in [5, 5.41) is 3.30. The maximum Gasteiger partial charge on any atom is 0.0933 e. The molecule has 0 radical (unpaired) electrons. The molecular weight excluding hydrogens is 192 g/mol. The highest BCUT2D eigenvalue weighted by atomic mass is 16.5. The van der Waals surface area contributed by atoms with Gasteiger partial charge >= 0.3 is 0 Å². The zero-order valence-corrected chi connectivity index (χ0v) is 9.41. The lowest BCUT2D eigenvalue weighted by atomic mass is 10.3. The third-order valence-electron chi connectivity index (χ3n) is 3.06. The summed E-state index contributed by atoms with van der Waals surface area (Å²) in [5.41, 5.74) is 0. The van der Waals surface area contributed by atoms with Crippen molar-refractivity contribution >= 4 is 0 Å². The number of ether oxygens (including phenoxy) is 2. The van der Waals surface area contributed by atoms with Crippen LogP contribution in [0.1, 0.15) is 12.8 Å². The molecule has 0 aromatic carbocycles. The van der Waals surface area contributed by atoms with Crippen LogP contribution >= 0.6 is 0 Å². The van der Waals surface area contributed by atoms with Crippen molar-refractivity contribution in [3.63, 3.8) is 0 Å². The smallest absolute Gasteiger partial charge is 0.0933 e. The number of morpholine rings is 1. The maximum atomic E-state index is 5.63. The quantitative estimate of drug-likeness (QED) is 0.658. The molecule has 1 atom stereocenters. The van der Waals surface area contributed by atoms with Crippen molar-refractivity contribution < 1.29 is 9.47 Å². The predicted octanol–water partition coefficient (Wildman–Crippen LogP) is 0.0872. The molecule has 2 saturated heterocycles. The molecule has 15 heavy (non-hydrogen) atoms. The van der Waals surface area contributed by atoms with Crippen LogP contribution in [-0.4, -0.2) is 63.5 Å². The van der Waals surface area contributed by atoms with Gasteiger partial charge in [-0.25, -0.2) is 0 Å². The van der Waals surface area contributed by atoms with E-state index in [-0.39, 0.29) is 6.10 Å². The highest BCUT2D eigenvalue weighted by Crippen LogP contribution is 2.06. The minimum atomic E-state index is 0.261. The molecule has 1 N–H and O–H groups in total. The Balaban J connectivity index is 1.47. The van der Waals surface area contributed by atoms with Gasteiger partial charge in [-0.2, -0.15) is 0 Å². The van der Waals surface area contributed by atoms with Gasteiger partial charge < -0.3 is 19.7 Å². The van der Waals surface area contributed by atoms with Crippen LogP contribution in [0.25, 0.3) is 0 Å². The molecule has 4 heteroatoms. The fourth-order valence-electron chi connectivity index (χ4n) is 2.14. The second-order valence-corrected chi connectivity index (χ2v) is 4.32. The minimum absolute atomic E-state index is 0.261. The highest BCUT2D eigenvalue weighted by molar-refractivity contribution is 4.67. The average Bonchev–Trinajstić information content (AvgIpc) is 2.79. The molecule has 88 valence electrons. The third kappa shape index (κ3) is 4.07. The first-order chi connectivity index (χ1) is 7.45. The van der Waals surface area contributed by atoms with Crippen molar-refractivity contribution in [2.24, 2.45) is 0 Å². The van der Waals surface area contributed by atoms with Crippen LogP contribution in [0.3, 0.4) is 0 Å². The van der Waals surface area contributed by atoms with E-state index < -0.39 is 0 Å². The number of hydrogen-bond donors (Lipinski definition) is 1. The molecule has 2 heterocycles. The van der Waals surface area contributed by atoms with Gasteiger partial charge in [0, 0.05) is 19.6 Å². The zero-order valence-electron chi connectivity index (χ0n) is 9.41. The number of rotatable bonds is 5. The van der Waals surface area contributed by atoms with Crippen LogP contribution in [0.15, 0.2) is 0 Å². The lowest BCUT2D eigenvalue weighted by Crippen LogP contribution is -2.41. The van der Waals surface area contributed by atoms with Crippen molar-refractivity contribution in [3.05, 3.63) is 0 Å². The number of hydrogen-bond acceptors (Lipinski definition) is 4. The topological polar surface area (TPSA) is 33.7 Å². The normalized spacial score (nSPS) is 28.4. The van der Waals surface area contributed by atoms with Gasteiger partial charge in [0.2, 0.25) is 0 Å². The molecule has 2 aliphatic heterocycles. The Kier molecular flexibility index (Phi) is 4.86. The van der Waals surface area contributed by atoms with Gasteiger partial charge in [0.15, 0.2) is 0 Å². The van der Waals surface area contributed by atoms with Gasteiger partial charge in [-0.3, -0.25) is 0 Å². The van der Waals surface area contributed by atoms with E-state index in [0.717, 1.165) is 39.5 Å². The molecule has 0 saturated carbocycles. The van der Waals surface area contributed by atoms with E-state index >= 15 is 0 Å². The lowest BCUT2D eigenvalue weighted by Gasteiger charge is -2.23. The van der Waals surface area contributed by atoms with Gasteiger partial charge in [-0.1, -0.05) is 0 Å². The van der Waals surface area contributed by atoms with Crippen LogP contribution < -0.4 is 5.32 Å². The first-order valence-corrected chi connectivity index (χ1v) is 6.07. The van der Waals surface area contributed by atoms with Crippen molar-refractivity contribution in [2.75, 3.05) is 52.5 Å². The fourth-order valence-corrected chi connectivity index (χ4v) is 2.14. The monoisotopic (exact) mass is 214 g/mol. The van der Waals surface area contributed by atoms with Gasteiger partial charge in [0.25, 0.3) is 0 Å². The summed E-state index contributed by atoms with van der Waals surface area (Å²) in [6.07, 6.45) is 2.98. The molecule has 1 unspecified atom stereocenters. The summed E-state index contributed by atoms with van der Waals surface area (Å²) < 4.78 is 11.2. The first kappa shape index (κ1) is 11.3.